The third kappa shape index (κ3) is 2.87. The molecule has 122 valence electrons. The molecule has 22 heavy (non-hydrogen) atoms. The van der Waals surface area contributed by atoms with Crippen LogP contribution in [0.15, 0.2) is 0 Å². The summed E-state index contributed by atoms with van der Waals surface area (Å²) in [7, 11) is -3.56. The Balaban J connectivity index is 2.49. The lowest BCUT2D eigenvalue weighted by Crippen LogP contribution is -2.27. The van der Waals surface area contributed by atoms with Gasteiger partial charge >= 0.3 is 16.2 Å². The van der Waals surface area contributed by atoms with Gasteiger partial charge in [0.2, 0.25) is 5.91 Å². The second-order valence-electron chi connectivity index (χ2n) is 4.97. The molecule has 0 aromatic carbocycles. The fourth-order valence-corrected chi connectivity index (χ4v) is 4.47. The number of rotatable bonds is 4. The molecule has 1 amide bonds. The van der Waals surface area contributed by atoms with Crippen LogP contribution in [0, 0.1) is 6.92 Å². The molecular weight excluding hydrogens is 333 g/mol. The summed E-state index contributed by atoms with van der Waals surface area (Å²) in [4.78, 5) is 26.1. The molecule has 1 fully saturated rings. The first-order valence-electron chi connectivity index (χ1n) is 6.65. The lowest BCUT2D eigenvalue weighted by molar-refractivity contribution is -0.117. The first-order valence-corrected chi connectivity index (χ1v) is 8.91. The van der Waals surface area contributed by atoms with E-state index in [1.165, 1.54) is 23.3 Å². The van der Waals surface area contributed by atoms with E-state index in [0.717, 1.165) is 10.4 Å². The van der Waals surface area contributed by atoms with Crippen molar-refractivity contribution in [2.24, 2.45) is 0 Å². The Morgan fingerprint density at radius 3 is 2.59 bits per heavy atom. The molecular formula is C13H16FNO5S2. The van der Waals surface area contributed by atoms with E-state index in [1.54, 1.807) is 0 Å². The summed E-state index contributed by atoms with van der Waals surface area (Å²) in [5, 5.41) is -1.06. The van der Waals surface area contributed by atoms with Crippen LogP contribution in [0.5, 0.6) is 0 Å². The van der Waals surface area contributed by atoms with Crippen molar-refractivity contribution in [1.82, 2.24) is 0 Å². The van der Waals surface area contributed by atoms with Crippen LogP contribution in [-0.2, 0) is 26.2 Å². The van der Waals surface area contributed by atoms with E-state index in [1.807, 2.05) is 13.8 Å². The van der Waals surface area contributed by atoms with Gasteiger partial charge in [-0.1, -0.05) is 6.92 Å². The Kier molecular flexibility index (Phi) is 4.57. The number of carbonyl (C=O) groups excluding carboxylic acids is 2. The SMILES string of the molecule is CCc1c(C)sc(N2CC(S(=O)(=O)F)CC2=O)c1C(=O)OC. The average molecular weight is 349 g/mol. The zero-order valence-electron chi connectivity index (χ0n) is 12.4. The number of anilines is 1. The topological polar surface area (TPSA) is 80.8 Å². The van der Waals surface area contributed by atoms with E-state index in [4.69, 9.17) is 4.74 Å². The third-order valence-corrected chi connectivity index (χ3v) is 5.95. The van der Waals surface area contributed by atoms with Crippen LogP contribution in [0.25, 0.3) is 0 Å². The molecule has 1 atom stereocenters. The van der Waals surface area contributed by atoms with Gasteiger partial charge in [-0.25, -0.2) is 4.79 Å². The van der Waals surface area contributed by atoms with Crippen molar-refractivity contribution in [2.75, 3.05) is 18.6 Å². The van der Waals surface area contributed by atoms with E-state index in [2.05, 4.69) is 0 Å². The average Bonchev–Trinajstić information content (AvgIpc) is 2.97. The van der Waals surface area contributed by atoms with Crippen LogP contribution in [0.1, 0.15) is 34.1 Å². The standard InChI is InChI=1S/C13H16FNO5S2/c1-4-9-7(2)21-12(11(9)13(17)20-3)15-6-8(5-10(15)16)22(14,18)19/h8H,4-6H2,1-3H3. The zero-order valence-corrected chi connectivity index (χ0v) is 14.0. The smallest absolute Gasteiger partial charge is 0.341 e. The minimum atomic E-state index is -4.80. The maximum absolute atomic E-state index is 13.1. The Morgan fingerprint density at radius 1 is 1.50 bits per heavy atom. The highest BCUT2D eigenvalue weighted by atomic mass is 32.3. The molecule has 2 rings (SSSR count). The van der Waals surface area contributed by atoms with Crippen molar-refractivity contribution in [3.63, 3.8) is 0 Å². The van der Waals surface area contributed by atoms with Crippen LogP contribution in [0.3, 0.4) is 0 Å². The fraction of sp³-hybridized carbons (Fsp3) is 0.538. The lowest BCUT2D eigenvalue weighted by Gasteiger charge is -2.16. The van der Waals surface area contributed by atoms with E-state index < -0.39 is 33.8 Å². The fourth-order valence-electron chi connectivity index (χ4n) is 2.55. The number of methoxy groups -OCH3 is 1. The molecule has 0 saturated carbocycles. The second kappa shape index (κ2) is 5.96. The van der Waals surface area contributed by atoms with Crippen LogP contribution < -0.4 is 4.90 Å². The summed E-state index contributed by atoms with van der Waals surface area (Å²) in [5.74, 6) is -1.10. The van der Waals surface area contributed by atoms with Gasteiger partial charge in [-0.2, -0.15) is 8.42 Å². The van der Waals surface area contributed by atoms with Gasteiger partial charge in [-0.3, -0.25) is 4.79 Å². The monoisotopic (exact) mass is 349 g/mol. The summed E-state index contributed by atoms with van der Waals surface area (Å²) in [5.41, 5.74) is 1.02. The summed E-state index contributed by atoms with van der Waals surface area (Å²) in [6, 6.07) is 0. The van der Waals surface area contributed by atoms with Crippen LogP contribution in [0.4, 0.5) is 8.89 Å². The predicted molar refractivity (Wildman–Crippen MR) is 80.6 cm³/mol. The van der Waals surface area contributed by atoms with E-state index in [-0.39, 0.29) is 12.1 Å². The largest absolute Gasteiger partial charge is 0.465 e. The quantitative estimate of drug-likeness (QED) is 0.612. The number of nitrogens with zero attached hydrogens (tertiary/aromatic N) is 1. The van der Waals surface area contributed by atoms with E-state index >= 15 is 0 Å². The van der Waals surface area contributed by atoms with Crippen molar-refractivity contribution in [3.05, 3.63) is 16.0 Å². The molecule has 0 N–H and O–H groups in total. The van der Waals surface area contributed by atoms with Crippen molar-refractivity contribution < 1.29 is 26.6 Å². The highest BCUT2D eigenvalue weighted by Gasteiger charge is 2.41. The van der Waals surface area contributed by atoms with Gasteiger partial charge in [0.05, 0.1) is 12.7 Å². The maximum atomic E-state index is 13.1. The molecule has 2 heterocycles. The number of carbonyl (C=O) groups is 2. The number of amides is 1. The minimum Gasteiger partial charge on any atom is -0.465 e. The molecule has 6 nitrogen and oxygen atoms in total. The van der Waals surface area contributed by atoms with Gasteiger partial charge in [0.1, 0.15) is 10.3 Å². The second-order valence-corrected chi connectivity index (χ2v) is 7.79. The Morgan fingerprint density at radius 2 is 2.14 bits per heavy atom. The third-order valence-electron chi connectivity index (χ3n) is 3.67. The normalized spacial score (nSPS) is 18.8. The summed E-state index contributed by atoms with van der Waals surface area (Å²) in [6.07, 6.45) is 0.150. The summed E-state index contributed by atoms with van der Waals surface area (Å²) < 4.78 is 39.9. The molecule has 0 aliphatic carbocycles. The number of aryl methyl sites for hydroxylation is 1. The maximum Gasteiger partial charge on any atom is 0.341 e. The molecule has 0 spiro atoms. The molecule has 1 aromatic rings. The Labute approximate surface area is 132 Å². The van der Waals surface area contributed by atoms with Gasteiger partial charge in [-0.05, 0) is 18.9 Å². The number of esters is 1. The Bertz CT molecular complexity index is 725. The Hall–Kier alpha value is -1.48. The lowest BCUT2D eigenvalue weighted by atomic mass is 10.1. The first-order chi connectivity index (χ1) is 10.2. The van der Waals surface area contributed by atoms with Crippen LogP contribution in [0.2, 0.25) is 0 Å². The first kappa shape index (κ1) is 16.9. The van der Waals surface area contributed by atoms with Crippen molar-refractivity contribution in [2.45, 2.75) is 31.9 Å². The number of thiophene rings is 1. The van der Waals surface area contributed by atoms with Crippen molar-refractivity contribution in [1.29, 1.82) is 0 Å². The highest BCUT2D eigenvalue weighted by Crippen LogP contribution is 2.39. The number of halogens is 1. The molecule has 1 unspecified atom stereocenters. The summed E-state index contributed by atoms with van der Waals surface area (Å²) >= 11 is 1.21. The van der Waals surface area contributed by atoms with E-state index in [0.29, 0.717) is 11.4 Å². The minimum absolute atomic E-state index is 0.262. The van der Waals surface area contributed by atoms with Crippen LogP contribution >= 0.6 is 11.3 Å². The van der Waals surface area contributed by atoms with Gasteiger partial charge < -0.3 is 9.64 Å². The van der Waals surface area contributed by atoms with Gasteiger partial charge in [-0.15, -0.1) is 15.2 Å². The zero-order chi connectivity index (χ0) is 16.7. The van der Waals surface area contributed by atoms with Gasteiger partial charge in [0, 0.05) is 17.8 Å². The molecule has 9 heteroatoms. The molecule has 1 aliphatic rings. The predicted octanol–water partition coefficient (Wildman–Crippen LogP) is 1.81. The molecule has 0 bridgehead atoms. The summed E-state index contributed by atoms with van der Waals surface area (Å²) in [6.45, 7) is 3.39. The van der Waals surface area contributed by atoms with Gasteiger partial charge in [0.15, 0.2) is 0 Å². The van der Waals surface area contributed by atoms with Gasteiger partial charge in [0.25, 0.3) is 0 Å². The number of hydrogen-bond donors (Lipinski definition) is 0. The van der Waals surface area contributed by atoms with E-state index in [9.17, 15) is 21.9 Å². The number of hydrogen-bond acceptors (Lipinski definition) is 6. The molecule has 0 radical (unpaired) electrons. The molecule has 1 saturated heterocycles. The highest BCUT2D eigenvalue weighted by molar-refractivity contribution is 7.87. The number of ether oxygens (including phenoxy) is 1. The van der Waals surface area contributed by atoms with Crippen LogP contribution in [-0.4, -0.2) is 39.2 Å². The van der Waals surface area contributed by atoms with Crippen molar-refractivity contribution >= 4 is 38.4 Å². The molecule has 1 aromatic heterocycles. The van der Waals surface area contributed by atoms with Crippen molar-refractivity contribution in [3.8, 4) is 0 Å². The molecule has 1 aliphatic heterocycles.